The Kier molecular flexibility index (Phi) is 5.43. The van der Waals surface area contributed by atoms with Crippen LogP contribution in [0.15, 0.2) is 24.5 Å². The van der Waals surface area contributed by atoms with E-state index < -0.39 is 0 Å². The molecule has 1 aliphatic heterocycles. The smallest absolute Gasteiger partial charge is 0.228 e. The standard InChI is InChI=1S/C18H22N4O2S/c1-12-5-6-15(25-12)8-18(24)22-7-3-4-17(22)16-11-19-9-14(21-16)10-20-13(2)23/h5-6,9,11,17H,3-4,7-8,10H2,1-2H3,(H,20,23)/t17-/m0/s1. The van der Waals surface area contributed by atoms with Crippen LogP contribution in [0, 0.1) is 6.92 Å². The molecule has 132 valence electrons. The summed E-state index contributed by atoms with van der Waals surface area (Å²) in [6.07, 6.45) is 5.68. The second kappa shape index (κ2) is 7.74. The molecule has 25 heavy (non-hydrogen) atoms. The molecular weight excluding hydrogens is 336 g/mol. The van der Waals surface area contributed by atoms with Gasteiger partial charge in [0.1, 0.15) is 0 Å². The molecule has 1 saturated heterocycles. The molecule has 6 nitrogen and oxygen atoms in total. The molecule has 0 unspecified atom stereocenters. The zero-order chi connectivity index (χ0) is 17.8. The maximum atomic E-state index is 12.7. The number of hydrogen-bond donors (Lipinski definition) is 1. The minimum atomic E-state index is -0.101. The molecule has 0 bridgehead atoms. The molecule has 0 spiro atoms. The van der Waals surface area contributed by atoms with Crippen LogP contribution in [0.3, 0.4) is 0 Å². The van der Waals surface area contributed by atoms with E-state index in [1.54, 1.807) is 23.7 Å². The van der Waals surface area contributed by atoms with Gasteiger partial charge in [-0.25, -0.2) is 0 Å². The summed E-state index contributed by atoms with van der Waals surface area (Å²) in [7, 11) is 0. The number of amides is 2. The summed E-state index contributed by atoms with van der Waals surface area (Å²) < 4.78 is 0. The Labute approximate surface area is 151 Å². The summed E-state index contributed by atoms with van der Waals surface area (Å²) in [5, 5.41) is 2.73. The number of aryl methyl sites for hydroxylation is 1. The van der Waals surface area contributed by atoms with Crippen LogP contribution in [0.5, 0.6) is 0 Å². The van der Waals surface area contributed by atoms with Gasteiger partial charge in [-0.05, 0) is 31.9 Å². The third kappa shape index (κ3) is 4.42. The zero-order valence-electron chi connectivity index (χ0n) is 14.5. The van der Waals surface area contributed by atoms with Gasteiger partial charge in [0.2, 0.25) is 11.8 Å². The first-order valence-corrected chi connectivity index (χ1v) is 9.24. The van der Waals surface area contributed by atoms with Crippen LogP contribution in [0.1, 0.15) is 46.9 Å². The van der Waals surface area contributed by atoms with Gasteiger partial charge >= 0.3 is 0 Å². The van der Waals surface area contributed by atoms with Gasteiger partial charge in [0.15, 0.2) is 0 Å². The van der Waals surface area contributed by atoms with E-state index in [1.807, 2.05) is 24.0 Å². The van der Waals surface area contributed by atoms with E-state index in [1.165, 1.54) is 11.8 Å². The van der Waals surface area contributed by atoms with Crippen molar-refractivity contribution in [2.24, 2.45) is 0 Å². The first-order valence-electron chi connectivity index (χ1n) is 8.43. The van der Waals surface area contributed by atoms with Crippen molar-refractivity contribution >= 4 is 23.2 Å². The highest BCUT2D eigenvalue weighted by molar-refractivity contribution is 7.12. The fraction of sp³-hybridized carbons (Fsp3) is 0.444. The topological polar surface area (TPSA) is 75.2 Å². The van der Waals surface area contributed by atoms with Crippen LogP contribution >= 0.6 is 11.3 Å². The van der Waals surface area contributed by atoms with E-state index in [0.29, 0.717) is 18.7 Å². The summed E-state index contributed by atoms with van der Waals surface area (Å²) in [6, 6.07) is 4.04. The van der Waals surface area contributed by atoms with E-state index >= 15 is 0 Å². The Morgan fingerprint density at radius 3 is 2.92 bits per heavy atom. The Bertz CT molecular complexity index is 774. The number of carbonyl (C=O) groups is 2. The first-order chi connectivity index (χ1) is 12.0. The van der Waals surface area contributed by atoms with Gasteiger partial charge in [-0.3, -0.25) is 19.6 Å². The maximum absolute atomic E-state index is 12.7. The molecule has 0 aliphatic carbocycles. The molecule has 2 aromatic heterocycles. The third-order valence-electron chi connectivity index (χ3n) is 4.26. The van der Waals surface area contributed by atoms with Crippen LogP contribution in [-0.2, 0) is 22.6 Å². The Hall–Kier alpha value is -2.28. The van der Waals surface area contributed by atoms with E-state index in [2.05, 4.69) is 15.3 Å². The van der Waals surface area contributed by atoms with Gasteiger partial charge in [0, 0.05) is 23.2 Å². The number of likely N-dealkylation sites (tertiary alicyclic amines) is 1. The van der Waals surface area contributed by atoms with Crippen molar-refractivity contribution < 1.29 is 9.59 Å². The molecule has 0 saturated carbocycles. The number of nitrogens with one attached hydrogen (secondary N) is 1. The van der Waals surface area contributed by atoms with Crippen molar-refractivity contribution in [3.05, 3.63) is 45.7 Å². The lowest BCUT2D eigenvalue weighted by Crippen LogP contribution is -2.32. The molecule has 0 radical (unpaired) electrons. The number of aromatic nitrogens is 2. The van der Waals surface area contributed by atoms with E-state index in [-0.39, 0.29) is 17.9 Å². The van der Waals surface area contributed by atoms with E-state index in [0.717, 1.165) is 30.0 Å². The highest BCUT2D eigenvalue weighted by Crippen LogP contribution is 2.31. The number of rotatable bonds is 5. The summed E-state index contributed by atoms with van der Waals surface area (Å²) in [6.45, 7) is 4.63. The predicted molar refractivity (Wildman–Crippen MR) is 96.0 cm³/mol. The lowest BCUT2D eigenvalue weighted by atomic mass is 10.1. The lowest BCUT2D eigenvalue weighted by Gasteiger charge is -2.24. The first kappa shape index (κ1) is 17.5. The second-order valence-electron chi connectivity index (χ2n) is 6.28. The molecule has 3 heterocycles. The lowest BCUT2D eigenvalue weighted by molar-refractivity contribution is -0.131. The number of hydrogen-bond acceptors (Lipinski definition) is 5. The molecular formula is C18H22N4O2S. The highest BCUT2D eigenvalue weighted by Gasteiger charge is 2.31. The Balaban J connectivity index is 1.71. The Morgan fingerprint density at radius 2 is 2.20 bits per heavy atom. The quantitative estimate of drug-likeness (QED) is 0.890. The second-order valence-corrected chi connectivity index (χ2v) is 7.65. The van der Waals surface area contributed by atoms with E-state index in [4.69, 9.17) is 0 Å². The van der Waals surface area contributed by atoms with Gasteiger partial charge in [-0.15, -0.1) is 11.3 Å². The molecule has 2 aromatic rings. The molecule has 3 rings (SSSR count). The molecule has 1 atom stereocenters. The number of nitrogens with zero attached hydrogens (tertiary/aromatic N) is 3. The highest BCUT2D eigenvalue weighted by atomic mass is 32.1. The Morgan fingerprint density at radius 1 is 1.36 bits per heavy atom. The normalized spacial score (nSPS) is 16.9. The van der Waals surface area contributed by atoms with Crippen LogP contribution in [0.25, 0.3) is 0 Å². The van der Waals surface area contributed by atoms with Crippen LogP contribution in [0.4, 0.5) is 0 Å². The molecule has 0 aromatic carbocycles. The number of thiophene rings is 1. The van der Waals surface area contributed by atoms with Crippen molar-refractivity contribution in [3.63, 3.8) is 0 Å². The van der Waals surface area contributed by atoms with Crippen molar-refractivity contribution in [2.75, 3.05) is 6.54 Å². The monoisotopic (exact) mass is 358 g/mol. The molecule has 1 N–H and O–H groups in total. The van der Waals surface area contributed by atoms with Crippen molar-refractivity contribution in [1.82, 2.24) is 20.2 Å². The number of carbonyl (C=O) groups excluding carboxylic acids is 2. The van der Waals surface area contributed by atoms with Gasteiger partial charge in [-0.1, -0.05) is 0 Å². The molecule has 2 amide bonds. The van der Waals surface area contributed by atoms with Crippen LogP contribution < -0.4 is 5.32 Å². The van der Waals surface area contributed by atoms with E-state index in [9.17, 15) is 9.59 Å². The minimum absolute atomic E-state index is 0.0293. The summed E-state index contributed by atoms with van der Waals surface area (Å²) >= 11 is 1.67. The van der Waals surface area contributed by atoms with Gasteiger partial charge in [-0.2, -0.15) is 0 Å². The SMILES string of the molecule is CC(=O)NCc1cncc([C@@H]2CCCN2C(=O)Cc2ccc(C)s2)n1. The maximum Gasteiger partial charge on any atom is 0.228 e. The van der Waals surface area contributed by atoms with Crippen LogP contribution in [0.2, 0.25) is 0 Å². The van der Waals surface area contributed by atoms with Crippen molar-refractivity contribution in [2.45, 2.75) is 45.7 Å². The minimum Gasteiger partial charge on any atom is -0.351 e. The van der Waals surface area contributed by atoms with Gasteiger partial charge in [0.05, 0.1) is 42.8 Å². The zero-order valence-corrected chi connectivity index (χ0v) is 15.3. The van der Waals surface area contributed by atoms with Gasteiger partial charge in [0.25, 0.3) is 0 Å². The van der Waals surface area contributed by atoms with Gasteiger partial charge < -0.3 is 10.2 Å². The summed E-state index contributed by atoms with van der Waals surface area (Å²) in [5.74, 6) is 0.0366. The largest absolute Gasteiger partial charge is 0.351 e. The molecule has 7 heteroatoms. The fourth-order valence-electron chi connectivity index (χ4n) is 3.09. The average Bonchev–Trinajstić information content (AvgIpc) is 3.22. The van der Waals surface area contributed by atoms with Crippen molar-refractivity contribution in [1.29, 1.82) is 0 Å². The fourth-order valence-corrected chi connectivity index (χ4v) is 3.97. The van der Waals surface area contributed by atoms with Crippen molar-refractivity contribution in [3.8, 4) is 0 Å². The summed E-state index contributed by atoms with van der Waals surface area (Å²) in [4.78, 5) is 36.9. The summed E-state index contributed by atoms with van der Waals surface area (Å²) in [5.41, 5.74) is 1.51. The van der Waals surface area contributed by atoms with Crippen LogP contribution in [-0.4, -0.2) is 33.2 Å². The predicted octanol–water partition coefficient (Wildman–Crippen LogP) is 2.39. The third-order valence-corrected chi connectivity index (χ3v) is 5.26. The molecule has 1 fully saturated rings. The average molecular weight is 358 g/mol. The molecule has 1 aliphatic rings.